The van der Waals surface area contributed by atoms with Gasteiger partial charge in [-0.15, -0.1) is 5.26 Å². The van der Waals surface area contributed by atoms with Crippen LogP contribution in [0, 0.1) is 11.5 Å². The smallest absolute Gasteiger partial charge is 0.292 e. The van der Waals surface area contributed by atoms with E-state index in [9.17, 15) is 14.4 Å². The minimum absolute atomic E-state index is 0.170. The first-order chi connectivity index (χ1) is 11.6. The number of nitrogens with zero attached hydrogens (tertiary/aromatic N) is 2. The number of carbonyl (C=O) groups is 3. The van der Waals surface area contributed by atoms with Crippen molar-refractivity contribution in [3.8, 4) is 12.0 Å². The molecule has 0 spiro atoms. The molecule has 0 aromatic heterocycles. The highest BCUT2D eigenvalue weighted by Gasteiger charge is 2.25. The van der Waals surface area contributed by atoms with E-state index in [1.165, 1.54) is 42.5 Å². The van der Waals surface area contributed by atoms with Crippen LogP contribution in [-0.2, 0) is 9.59 Å². The number of ether oxygens (including phenoxy) is 1. The maximum atomic E-state index is 12.6. The lowest BCUT2D eigenvalue weighted by atomic mass is 10.0. The van der Waals surface area contributed by atoms with Crippen molar-refractivity contribution in [2.75, 3.05) is 4.90 Å². The fourth-order valence-electron chi connectivity index (χ4n) is 2.36. The number of hydrogen-bond acceptors (Lipinski definition) is 5. The van der Waals surface area contributed by atoms with E-state index in [0.29, 0.717) is 11.3 Å². The third-order valence-corrected chi connectivity index (χ3v) is 3.48. The maximum absolute atomic E-state index is 12.6. The van der Waals surface area contributed by atoms with Crippen molar-refractivity contribution in [1.29, 1.82) is 5.26 Å². The number of rotatable bonds is 4. The van der Waals surface area contributed by atoms with Gasteiger partial charge in [-0.25, -0.2) is 4.90 Å². The Morgan fingerprint density at radius 2 is 1.58 bits per heavy atom. The number of hydrogen-bond donors (Lipinski definition) is 0. The summed E-state index contributed by atoms with van der Waals surface area (Å²) >= 11 is 0. The Morgan fingerprint density at radius 3 is 2.21 bits per heavy atom. The van der Waals surface area contributed by atoms with Gasteiger partial charge in [-0.2, -0.15) is 0 Å². The molecule has 0 atom stereocenters. The lowest BCUT2D eigenvalue weighted by Crippen LogP contribution is -2.29. The lowest BCUT2D eigenvalue weighted by molar-refractivity contribution is -0.119. The fraction of sp³-hybridized carbons (Fsp3) is 0. The summed E-state index contributed by atoms with van der Waals surface area (Å²) in [6, 6.07) is 12.5. The highest BCUT2D eigenvalue weighted by molar-refractivity contribution is 6.28. The molecule has 116 valence electrons. The van der Waals surface area contributed by atoms with E-state index in [0.717, 1.165) is 4.90 Å². The zero-order valence-electron chi connectivity index (χ0n) is 12.3. The van der Waals surface area contributed by atoms with Gasteiger partial charge in [0.15, 0.2) is 11.5 Å². The second-order valence-corrected chi connectivity index (χ2v) is 4.91. The van der Waals surface area contributed by atoms with Gasteiger partial charge in [0.2, 0.25) is 0 Å². The molecule has 2 aromatic rings. The van der Waals surface area contributed by atoms with Crippen molar-refractivity contribution in [1.82, 2.24) is 0 Å². The minimum Gasteiger partial charge on any atom is -0.387 e. The highest BCUT2D eigenvalue weighted by Crippen LogP contribution is 2.24. The van der Waals surface area contributed by atoms with Gasteiger partial charge in [-0.3, -0.25) is 14.4 Å². The number of para-hydroxylation sites is 1. The molecule has 2 amide bonds. The van der Waals surface area contributed by atoms with Crippen molar-refractivity contribution in [2.24, 2.45) is 0 Å². The number of imide groups is 1. The molecule has 0 bridgehead atoms. The Balaban J connectivity index is 1.89. The summed E-state index contributed by atoms with van der Waals surface area (Å²) in [5.74, 6) is -1.01. The molecular weight excluding hydrogens is 308 g/mol. The van der Waals surface area contributed by atoms with Crippen LogP contribution < -0.4 is 9.64 Å². The van der Waals surface area contributed by atoms with Gasteiger partial charge in [0.25, 0.3) is 18.1 Å². The van der Waals surface area contributed by atoms with Crippen LogP contribution in [0.2, 0.25) is 0 Å². The van der Waals surface area contributed by atoms with Crippen molar-refractivity contribution < 1.29 is 19.1 Å². The first kappa shape index (κ1) is 15.2. The van der Waals surface area contributed by atoms with Crippen LogP contribution >= 0.6 is 0 Å². The number of amides is 2. The first-order valence-electron chi connectivity index (χ1n) is 6.97. The van der Waals surface area contributed by atoms with Crippen LogP contribution in [0.1, 0.15) is 15.9 Å². The number of benzene rings is 2. The van der Waals surface area contributed by atoms with Crippen LogP contribution in [0.3, 0.4) is 0 Å². The molecule has 1 aliphatic rings. The Labute approximate surface area is 137 Å². The van der Waals surface area contributed by atoms with Crippen molar-refractivity contribution in [3.05, 3.63) is 71.8 Å². The van der Waals surface area contributed by atoms with Crippen molar-refractivity contribution in [2.45, 2.75) is 0 Å². The van der Waals surface area contributed by atoms with Crippen molar-refractivity contribution in [3.63, 3.8) is 0 Å². The fourth-order valence-corrected chi connectivity index (χ4v) is 2.36. The van der Waals surface area contributed by atoms with Gasteiger partial charge < -0.3 is 4.74 Å². The summed E-state index contributed by atoms with van der Waals surface area (Å²) in [4.78, 5) is 36.9. The Hall–Kier alpha value is -3.72. The summed E-state index contributed by atoms with van der Waals surface area (Å²) in [5.41, 5.74) is 0.981. The molecule has 0 fully saturated rings. The highest BCUT2D eigenvalue weighted by atomic mass is 16.5. The predicted octanol–water partition coefficient (Wildman–Crippen LogP) is 2.21. The van der Waals surface area contributed by atoms with Gasteiger partial charge in [-0.05, 0) is 36.4 Å². The van der Waals surface area contributed by atoms with E-state index in [1.807, 2.05) is 0 Å². The number of anilines is 1. The molecule has 0 saturated heterocycles. The van der Waals surface area contributed by atoms with Crippen LogP contribution in [0.25, 0.3) is 0 Å². The quantitative estimate of drug-likeness (QED) is 0.490. The van der Waals surface area contributed by atoms with Crippen LogP contribution in [-0.4, -0.2) is 17.6 Å². The predicted molar refractivity (Wildman–Crippen MR) is 84.2 cm³/mol. The third-order valence-electron chi connectivity index (χ3n) is 3.48. The van der Waals surface area contributed by atoms with Gasteiger partial charge in [0.05, 0.1) is 11.3 Å². The van der Waals surface area contributed by atoms with E-state index in [-0.39, 0.29) is 17.1 Å². The Kier molecular flexibility index (Phi) is 3.91. The third kappa shape index (κ3) is 2.66. The number of nitriles is 1. The van der Waals surface area contributed by atoms with E-state index in [4.69, 9.17) is 10.00 Å². The largest absolute Gasteiger partial charge is 0.387 e. The summed E-state index contributed by atoms with van der Waals surface area (Å²) in [6.07, 6.45) is 3.93. The number of ketones is 1. The monoisotopic (exact) mass is 318 g/mol. The standard InChI is InChI=1S/C18H10N2O4/c19-11-24-15-4-2-1-3-14(15)18(23)12-5-7-13(8-6-12)20-16(21)9-10-17(20)22/h1-10H. The summed E-state index contributed by atoms with van der Waals surface area (Å²) in [5, 5.41) is 8.65. The molecular formula is C18H10N2O4. The van der Waals surface area contributed by atoms with E-state index < -0.39 is 11.8 Å². The van der Waals surface area contributed by atoms with Crippen LogP contribution in [0.5, 0.6) is 5.75 Å². The second kappa shape index (κ2) is 6.18. The van der Waals surface area contributed by atoms with E-state index in [2.05, 4.69) is 0 Å². The molecule has 0 saturated carbocycles. The lowest BCUT2D eigenvalue weighted by Gasteiger charge is -2.14. The van der Waals surface area contributed by atoms with Crippen LogP contribution in [0.15, 0.2) is 60.7 Å². The molecule has 0 radical (unpaired) electrons. The molecule has 1 heterocycles. The molecule has 0 N–H and O–H groups in total. The zero-order valence-corrected chi connectivity index (χ0v) is 12.3. The normalized spacial score (nSPS) is 13.0. The molecule has 0 unspecified atom stereocenters. The first-order valence-corrected chi connectivity index (χ1v) is 6.97. The van der Waals surface area contributed by atoms with E-state index >= 15 is 0 Å². The molecule has 0 aliphatic carbocycles. The second-order valence-electron chi connectivity index (χ2n) is 4.91. The van der Waals surface area contributed by atoms with Crippen molar-refractivity contribution >= 4 is 23.3 Å². The summed E-state index contributed by atoms with van der Waals surface area (Å²) < 4.78 is 4.79. The summed E-state index contributed by atoms with van der Waals surface area (Å²) in [6.45, 7) is 0. The molecule has 3 rings (SSSR count). The topological polar surface area (TPSA) is 87.5 Å². The van der Waals surface area contributed by atoms with Gasteiger partial charge >= 0.3 is 0 Å². The SMILES string of the molecule is N#COc1ccccc1C(=O)c1ccc(N2C(=O)C=CC2=O)cc1. The molecule has 6 heteroatoms. The minimum atomic E-state index is -0.424. The summed E-state index contributed by atoms with van der Waals surface area (Å²) in [7, 11) is 0. The van der Waals surface area contributed by atoms with E-state index in [1.54, 1.807) is 24.5 Å². The molecule has 6 nitrogen and oxygen atoms in total. The Morgan fingerprint density at radius 1 is 0.958 bits per heavy atom. The van der Waals surface area contributed by atoms with Gasteiger partial charge in [0.1, 0.15) is 0 Å². The Bertz CT molecular complexity index is 889. The van der Waals surface area contributed by atoms with Crippen LogP contribution in [0.4, 0.5) is 5.69 Å². The van der Waals surface area contributed by atoms with Gasteiger partial charge in [0, 0.05) is 17.7 Å². The molecule has 1 aliphatic heterocycles. The zero-order chi connectivity index (χ0) is 17.1. The molecule has 24 heavy (non-hydrogen) atoms. The van der Waals surface area contributed by atoms with Gasteiger partial charge in [-0.1, -0.05) is 12.1 Å². The number of carbonyl (C=O) groups excluding carboxylic acids is 3. The average molecular weight is 318 g/mol. The average Bonchev–Trinajstić information content (AvgIpc) is 2.94. The molecule has 2 aromatic carbocycles. The maximum Gasteiger partial charge on any atom is 0.292 e.